The Morgan fingerprint density at radius 1 is 1.35 bits per heavy atom. The number of methoxy groups -OCH3 is 1. The van der Waals surface area contributed by atoms with Crippen LogP contribution in [0.25, 0.3) is 0 Å². The molecule has 4 rings (SSSR count). The molecule has 0 aromatic heterocycles. The standard InChI is InChI=1S/C25H37NO8/c1-11-9-12(2)25-15(10-16(31-6)22(29)32-18(11)14(4)27)7-8-24(5)20(25)17(28)13(3)19(21(24)34-25)33-23(26)30/h7-9,11,13-21,27-28H,10H2,1-6H3,(H2,26,30)/b12-9+/t11-,13-,14-,15-,16+,17-,18+,19-,20-,21+,24-,25+/m1/s1. The molecule has 0 aromatic carbocycles. The molecule has 0 radical (unpaired) electrons. The van der Waals surface area contributed by atoms with Crippen molar-refractivity contribution in [3.63, 3.8) is 0 Å². The Morgan fingerprint density at radius 2 is 2.03 bits per heavy atom. The minimum absolute atomic E-state index is 0.264. The number of aliphatic hydroxyl groups is 2. The van der Waals surface area contributed by atoms with Crippen LogP contribution in [0.15, 0.2) is 23.8 Å². The van der Waals surface area contributed by atoms with Gasteiger partial charge in [0.2, 0.25) is 0 Å². The molecule has 0 unspecified atom stereocenters. The fraction of sp³-hybridized carbons (Fsp3) is 0.760. The monoisotopic (exact) mass is 479 g/mol. The second-order valence-corrected chi connectivity index (χ2v) is 10.7. The minimum Gasteiger partial charge on any atom is -0.457 e. The normalized spacial score (nSPS) is 50.4. The number of aliphatic hydroxyl groups excluding tert-OH is 2. The van der Waals surface area contributed by atoms with Crippen molar-refractivity contribution in [1.82, 2.24) is 0 Å². The number of rotatable bonds is 3. The lowest BCUT2D eigenvalue weighted by Crippen LogP contribution is -2.61. The first kappa shape index (κ1) is 25.2. The van der Waals surface area contributed by atoms with E-state index in [0.717, 1.165) is 5.57 Å². The SMILES string of the molecule is CO[C@H]1C[C@H]2C=C[C@]3(C)[C@H]4[C@H](O)[C@@H](C)[C@@H](OC(N)=O)[C@@H]3O[C@@]24/C(C)=C/[C@@H](C)[C@@H]([C@@H](C)O)OC1=O. The van der Waals surface area contributed by atoms with E-state index < -0.39 is 65.6 Å². The number of amides is 1. The first-order valence-corrected chi connectivity index (χ1v) is 12.0. The summed E-state index contributed by atoms with van der Waals surface area (Å²) in [7, 11) is 1.45. The number of hydrogen-bond acceptors (Lipinski definition) is 8. The summed E-state index contributed by atoms with van der Waals surface area (Å²) in [6.45, 7) is 9.26. The van der Waals surface area contributed by atoms with Crippen molar-refractivity contribution < 1.29 is 38.7 Å². The zero-order chi connectivity index (χ0) is 25.2. The third kappa shape index (κ3) is 3.51. The number of primary amides is 1. The third-order valence-electron chi connectivity index (χ3n) is 8.65. The highest BCUT2D eigenvalue weighted by Crippen LogP contribution is 2.66. The van der Waals surface area contributed by atoms with E-state index in [2.05, 4.69) is 0 Å². The molecule has 1 amide bonds. The quantitative estimate of drug-likeness (QED) is 0.411. The predicted octanol–water partition coefficient (Wildman–Crippen LogP) is 1.70. The Balaban J connectivity index is 1.90. The molecule has 0 aromatic rings. The van der Waals surface area contributed by atoms with Crippen molar-refractivity contribution in [2.45, 2.75) is 83.3 Å². The van der Waals surface area contributed by atoms with Gasteiger partial charge in [-0.25, -0.2) is 9.59 Å². The molecular formula is C25H37NO8. The highest BCUT2D eigenvalue weighted by molar-refractivity contribution is 5.75. The van der Waals surface area contributed by atoms with Gasteiger partial charge in [-0.05, 0) is 25.8 Å². The van der Waals surface area contributed by atoms with Crippen LogP contribution in [0.3, 0.4) is 0 Å². The van der Waals surface area contributed by atoms with E-state index in [0.29, 0.717) is 0 Å². The molecule has 1 saturated heterocycles. The van der Waals surface area contributed by atoms with Gasteiger partial charge in [0.25, 0.3) is 0 Å². The molecule has 2 aliphatic carbocycles. The Labute approximate surface area is 200 Å². The summed E-state index contributed by atoms with van der Waals surface area (Å²) in [6, 6.07) is 0. The van der Waals surface area contributed by atoms with Crippen LogP contribution in [-0.4, -0.2) is 71.6 Å². The molecule has 2 aliphatic heterocycles. The third-order valence-corrected chi connectivity index (χ3v) is 8.65. The summed E-state index contributed by atoms with van der Waals surface area (Å²) >= 11 is 0. The Bertz CT molecular complexity index is 901. The topological polar surface area (TPSA) is 138 Å². The lowest BCUT2D eigenvalue weighted by molar-refractivity contribution is -0.172. The fourth-order valence-corrected chi connectivity index (χ4v) is 7.03. The van der Waals surface area contributed by atoms with Crippen LogP contribution >= 0.6 is 0 Å². The number of nitrogens with two attached hydrogens (primary N) is 1. The van der Waals surface area contributed by atoms with Crippen LogP contribution < -0.4 is 5.73 Å². The molecule has 12 atom stereocenters. The lowest BCUT2D eigenvalue weighted by Gasteiger charge is -2.52. The largest absolute Gasteiger partial charge is 0.457 e. The molecule has 2 fully saturated rings. The average molecular weight is 480 g/mol. The van der Waals surface area contributed by atoms with E-state index in [1.807, 2.05) is 45.9 Å². The Hall–Kier alpha value is -1.94. The van der Waals surface area contributed by atoms with Crippen molar-refractivity contribution in [2.75, 3.05) is 7.11 Å². The molecule has 9 nitrogen and oxygen atoms in total. The van der Waals surface area contributed by atoms with Crippen molar-refractivity contribution in [2.24, 2.45) is 34.8 Å². The molecular weight excluding hydrogens is 442 g/mol. The summed E-state index contributed by atoms with van der Waals surface area (Å²) in [6.07, 6.45) is 0.682. The molecule has 4 bridgehead atoms. The van der Waals surface area contributed by atoms with Crippen molar-refractivity contribution >= 4 is 12.1 Å². The lowest BCUT2D eigenvalue weighted by atomic mass is 9.51. The number of ether oxygens (including phenoxy) is 4. The smallest absolute Gasteiger partial charge is 0.404 e. The van der Waals surface area contributed by atoms with Crippen LogP contribution in [-0.2, 0) is 23.7 Å². The van der Waals surface area contributed by atoms with Gasteiger partial charge in [-0.1, -0.05) is 39.0 Å². The van der Waals surface area contributed by atoms with E-state index in [9.17, 15) is 19.8 Å². The van der Waals surface area contributed by atoms with Gasteiger partial charge in [-0.3, -0.25) is 0 Å². The van der Waals surface area contributed by atoms with Crippen molar-refractivity contribution in [3.05, 3.63) is 23.8 Å². The van der Waals surface area contributed by atoms with Gasteiger partial charge in [0, 0.05) is 36.2 Å². The molecule has 4 N–H and O–H groups in total. The Kier molecular flexibility index (Phi) is 6.38. The highest BCUT2D eigenvalue weighted by Gasteiger charge is 2.73. The van der Waals surface area contributed by atoms with E-state index in [-0.39, 0.29) is 24.2 Å². The minimum atomic E-state index is -0.969. The maximum absolute atomic E-state index is 13.0. The van der Waals surface area contributed by atoms with Crippen LogP contribution in [0.2, 0.25) is 0 Å². The molecule has 9 heteroatoms. The second-order valence-electron chi connectivity index (χ2n) is 10.7. The molecule has 34 heavy (non-hydrogen) atoms. The predicted molar refractivity (Wildman–Crippen MR) is 121 cm³/mol. The Morgan fingerprint density at radius 3 is 2.62 bits per heavy atom. The summed E-state index contributed by atoms with van der Waals surface area (Å²) in [4.78, 5) is 24.7. The molecule has 2 heterocycles. The molecule has 1 spiro atoms. The van der Waals surface area contributed by atoms with E-state index in [1.54, 1.807) is 6.92 Å². The van der Waals surface area contributed by atoms with Gasteiger partial charge in [0.1, 0.15) is 23.9 Å². The van der Waals surface area contributed by atoms with Gasteiger partial charge >= 0.3 is 12.1 Å². The van der Waals surface area contributed by atoms with Gasteiger partial charge in [0.15, 0.2) is 6.10 Å². The summed E-state index contributed by atoms with van der Waals surface area (Å²) in [5.41, 5.74) is 4.65. The van der Waals surface area contributed by atoms with Gasteiger partial charge in [-0.2, -0.15) is 0 Å². The molecule has 1 saturated carbocycles. The van der Waals surface area contributed by atoms with Crippen molar-refractivity contribution in [3.8, 4) is 0 Å². The number of esters is 1. The summed E-state index contributed by atoms with van der Waals surface area (Å²) in [5, 5.41) is 22.0. The summed E-state index contributed by atoms with van der Waals surface area (Å²) < 4.78 is 23.6. The van der Waals surface area contributed by atoms with Crippen LogP contribution in [0.1, 0.15) is 41.0 Å². The number of carbonyl (C=O) groups excluding carboxylic acids is 2. The first-order valence-electron chi connectivity index (χ1n) is 12.0. The number of cyclic esters (lactones) is 1. The maximum Gasteiger partial charge on any atom is 0.404 e. The van der Waals surface area contributed by atoms with Gasteiger partial charge in [0.05, 0.1) is 12.2 Å². The second kappa shape index (κ2) is 8.62. The highest BCUT2D eigenvalue weighted by atomic mass is 16.6. The van der Waals surface area contributed by atoms with E-state index in [1.165, 1.54) is 7.11 Å². The zero-order valence-electron chi connectivity index (χ0n) is 20.6. The zero-order valence-corrected chi connectivity index (χ0v) is 20.6. The maximum atomic E-state index is 13.0. The van der Waals surface area contributed by atoms with Crippen LogP contribution in [0.4, 0.5) is 4.79 Å². The van der Waals surface area contributed by atoms with Gasteiger partial charge < -0.3 is 34.9 Å². The summed E-state index contributed by atoms with van der Waals surface area (Å²) in [5.74, 6) is -1.95. The fourth-order valence-electron chi connectivity index (χ4n) is 7.03. The molecule has 4 aliphatic rings. The molecule has 190 valence electrons. The number of hydrogen-bond donors (Lipinski definition) is 3. The van der Waals surface area contributed by atoms with Gasteiger partial charge in [-0.15, -0.1) is 0 Å². The van der Waals surface area contributed by atoms with Crippen LogP contribution in [0, 0.1) is 29.1 Å². The van der Waals surface area contributed by atoms with E-state index in [4.69, 9.17) is 24.7 Å². The first-order chi connectivity index (χ1) is 15.9. The van der Waals surface area contributed by atoms with Crippen LogP contribution in [0.5, 0.6) is 0 Å². The average Bonchev–Trinajstić information content (AvgIpc) is 2.89. The van der Waals surface area contributed by atoms with Crippen molar-refractivity contribution in [1.29, 1.82) is 0 Å². The van der Waals surface area contributed by atoms with E-state index >= 15 is 0 Å². The number of carbonyl (C=O) groups is 2.